The molecule has 2 aromatic rings. The van der Waals surface area contributed by atoms with Crippen molar-refractivity contribution in [3.63, 3.8) is 0 Å². The monoisotopic (exact) mass is 382 g/mol. The van der Waals surface area contributed by atoms with Gasteiger partial charge in [0.1, 0.15) is 5.75 Å². The van der Waals surface area contributed by atoms with E-state index in [1.165, 1.54) is 13.0 Å². The van der Waals surface area contributed by atoms with Crippen molar-refractivity contribution in [2.75, 3.05) is 6.26 Å². The Morgan fingerprint density at radius 2 is 1.84 bits per heavy atom. The standard InChI is InChI=1S/C16H15ClN2O5S/c1-8-5-9(2)13(10(3)20)12(6-8)24-15(21)14-11(17)7-18-16(19-14)25(4,22)23/h5-7H,1-4H3. The minimum atomic E-state index is -3.73. The number of aryl methyl sites for hydroxylation is 2. The van der Waals surface area contributed by atoms with Gasteiger partial charge in [-0.25, -0.2) is 23.2 Å². The van der Waals surface area contributed by atoms with Crippen molar-refractivity contribution in [1.82, 2.24) is 9.97 Å². The van der Waals surface area contributed by atoms with Gasteiger partial charge in [0.15, 0.2) is 11.5 Å². The number of benzene rings is 1. The summed E-state index contributed by atoms with van der Waals surface area (Å²) < 4.78 is 28.4. The largest absolute Gasteiger partial charge is 0.421 e. The zero-order chi connectivity index (χ0) is 18.9. The summed E-state index contributed by atoms with van der Waals surface area (Å²) in [6.07, 6.45) is 1.91. The van der Waals surface area contributed by atoms with Crippen molar-refractivity contribution in [1.29, 1.82) is 0 Å². The quantitative estimate of drug-likeness (QED) is 0.346. The molecule has 0 aliphatic heterocycles. The minimum Gasteiger partial charge on any atom is -0.421 e. The molecule has 0 bridgehead atoms. The molecule has 1 heterocycles. The maximum atomic E-state index is 12.4. The highest BCUT2D eigenvalue weighted by atomic mass is 35.5. The molecule has 0 saturated carbocycles. The highest BCUT2D eigenvalue weighted by Gasteiger charge is 2.22. The average molecular weight is 383 g/mol. The molecule has 7 nitrogen and oxygen atoms in total. The molecule has 0 fully saturated rings. The van der Waals surface area contributed by atoms with E-state index in [4.69, 9.17) is 16.3 Å². The van der Waals surface area contributed by atoms with Crippen LogP contribution in [0.15, 0.2) is 23.5 Å². The molecule has 1 aromatic heterocycles. The molecule has 0 amide bonds. The first kappa shape index (κ1) is 19.0. The van der Waals surface area contributed by atoms with Gasteiger partial charge in [0.2, 0.25) is 15.0 Å². The second kappa shape index (κ2) is 6.89. The molecule has 132 valence electrons. The van der Waals surface area contributed by atoms with Crippen molar-refractivity contribution < 1.29 is 22.7 Å². The van der Waals surface area contributed by atoms with Crippen LogP contribution in [-0.2, 0) is 9.84 Å². The molecule has 0 radical (unpaired) electrons. The van der Waals surface area contributed by atoms with Gasteiger partial charge in [-0.2, -0.15) is 0 Å². The first-order valence-corrected chi connectivity index (χ1v) is 9.34. The van der Waals surface area contributed by atoms with Crippen LogP contribution in [0.3, 0.4) is 0 Å². The predicted octanol–water partition coefficient (Wildman–Crippen LogP) is 2.57. The molecule has 0 aliphatic rings. The van der Waals surface area contributed by atoms with Crippen molar-refractivity contribution in [2.24, 2.45) is 0 Å². The maximum absolute atomic E-state index is 12.4. The summed E-state index contributed by atoms with van der Waals surface area (Å²) in [6, 6.07) is 3.32. The molecule has 9 heteroatoms. The summed E-state index contributed by atoms with van der Waals surface area (Å²) in [7, 11) is -3.73. The number of carbonyl (C=O) groups is 2. The smallest absolute Gasteiger partial charge is 0.364 e. The number of carbonyl (C=O) groups excluding carboxylic acids is 2. The van der Waals surface area contributed by atoms with E-state index in [9.17, 15) is 18.0 Å². The Morgan fingerprint density at radius 1 is 1.20 bits per heavy atom. The van der Waals surface area contributed by atoms with Gasteiger partial charge < -0.3 is 4.74 Å². The van der Waals surface area contributed by atoms with Gasteiger partial charge in [0.25, 0.3) is 0 Å². The fourth-order valence-electron chi connectivity index (χ4n) is 2.28. The Labute approximate surface area is 149 Å². The molecule has 25 heavy (non-hydrogen) atoms. The van der Waals surface area contributed by atoms with Gasteiger partial charge >= 0.3 is 5.97 Å². The maximum Gasteiger partial charge on any atom is 0.364 e. The van der Waals surface area contributed by atoms with Crippen LogP contribution in [0.2, 0.25) is 5.02 Å². The fraction of sp³-hybridized carbons (Fsp3) is 0.250. The van der Waals surface area contributed by atoms with E-state index < -0.39 is 26.7 Å². The van der Waals surface area contributed by atoms with E-state index in [2.05, 4.69) is 9.97 Å². The van der Waals surface area contributed by atoms with Crippen molar-refractivity contribution in [3.05, 3.63) is 45.7 Å². The number of hydrogen-bond donors (Lipinski definition) is 0. The number of ether oxygens (including phenoxy) is 1. The lowest BCUT2D eigenvalue weighted by atomic mass is 10.0. The molecule has 0 aliphatic carbocycles. The van der Waals surface area contributed by atoms with Crippen LogP contribution < -0.4 is 4.74 Å². The molecule has 0 spiro atoms. The third-order valence-corrected chi connectivity index (χ3v) is 4.38. The van der Waals surface area contributed by atoms with Crippen molar-refractivity contribution in [2.45, 2.75) is 25.9 Å². The lowest BCUT2D eigenvalue weighted by Gasteiger charge is -2.12. The minimum absolute atomic E-state index is 0.0607. The normalized spacial score (nSPS) is 11.2. The predicted molar refractivity (Wildman–Crippen MR) is 91.0 cm³/mol. The third-order valence-electron chi connectivity index (χ3n) is 3.25. The Hall–Kier alpha value is -2.32. The van der Waals surface area contributed by atoms with E-state index in [1.807, 2.05) is 0 Å². The van der Waals surface area contributed by atoms with Crippen LogP contribution >= 0.6 is 11.6 Å². The number of esters is 1. The highest BCUT2D eigenvalue weighted by molar-refractivity contribution is 7.90. The van der Waals surface area contributed by atoms with Crippen LogP contribution in [0.1, 0.15) is 38.9 Å². The SMILES string of the molecule is CC(=O)c1c(C)cc(C)cc1OC(=O)c1nc(S(C)(=O)=O)ncc1Cl. The number of ketones is 1. The van der Waals surface area contributed by atoms with Crippen LogP contribution in [0.4, 0.5) is 0 Å². The van der Waals surface area contributed by atoms with Gasteiger partial charge in [-0.1, -0.05) is 17.7 Å². The van der Waals surface area contributed by atoms with Gasteiger partial charge in [0, 0.05) is 6.26 Å². The van der Waals surface area contributed by atoms with E-state index in [1.54, 1.807) is 19.9 Å². The number of rotatable bonds is 4. The highest BCUT2D eigenvalue weighted by Crippen LogP contribution is 2.26. The summed E-state index contributed by atoms with van der Waals surface area (Å²) in [5.74, 6) is -1.19. The number of halogens is 1. The molecule has 0 N–H and O–H groups in total. The third kappa shape index (κ3) is 4.21. The van der Waals surface area contributed by atoms with Crippen LogP contribution in [-0.4, -0.2) is 36.4 Å². The summed E-state index contributed by atoms with van der Waals surface area (Å²) in [5, 5.41) is -0.706. The van der Waals surface area contributed by atoms with E-state index in [0.717, 1.165) is 18.0 Å². The Bertz CT molecular complexity index is 986. The number of nitrogens with zero attached hydrogens (tertiary/aromatic N) is 2. The molecule has 2 rings (SSSR count). The summed E-state index contributed by atoms with van der Waals surface area (Å²) in [6.45, 7) is 4.86. The van der Waals surface area contributed by atoms with Gasteiger partial charge in [0.05, 0.1) is 16.8 Å². The van der Waals surface area contributed by atoms with Crippen molar-refractivity contribution >= 4 is 33.2 Å². The number of aromatic nitrogens is 2. The zero-order valence-corrected chi connectivity index (χ0v) is 15.5. The summed E-state index contributed by atoms with van der Waals surface area (Å²) in [5.41, 5.74) is 1.30. The molecule has 0 saturated heterocycles. The molecular weight excluding hydrogens is 368 g/mol. The lowest BCUT2D eigenvalue weighted by molar-refractivity contribution is 0.0725. The first-order valence-electron chi connectivity index (χ1n) is 7.07. The first-order chi connectivity index (χ1) is 11.5. The fourth-order valence-corrected chi connectivity index (χ4v) is 2.95. The topological polar surface area (TPSA) is 103 Å². The second-order valence-electron chi connectivity index (χ2n) is 5.52. The zero-order valence-electron chi connectivity index (χ0n) is 14.0. The van der Waals surface area contributed by atoms with E-state index >= 15 is 0 Å². The number of sulfone groups is 1. The molecular formula is C16H15ClN2O5S. The van der Waals surface area contributed by atoms with Crippen LogP contribution in [0.25, 0.3) is 0 Å². The Kier molecular flexibility index (Phi) is 5.24. The van der Waals surface area contributed by atoms with Gasteiger partial charge in [-0.3, -0.25) is 4.79 Å². The lowest BCUT2D eigenvalue weighted by Crippen LogP contribution is -2.16. The summed E-state index contributed by atoms with van der Waals surface area (Å²) >= 11 is 5.88. The van der Waals surface area contributed by atoms with E-state index in [0.29, 0.717) is 5.56 Å². The number of hydrogen-bond acceptors (Lipinski definition) is 7. The number of Topliss-reactive ketones (excluding diaryl/α,β-unsaturated/α-hetero) is 1. The molecule has 1 aromatic carbocycles. The second-order valence-corrected chi connectivity index (χ2v) is 7.84. The van der Waals surface area contributed by atoms with Gasteiger partial charge in [-0.05, 0) is 38.0 Å². The van der Waals surface area contributed by atoms with Gasteiger partial charge in [-0.15, -0.1) is 0 Å². The Morgan fingerprint density at radius 3 is 2.40 bits per heavy atom. The summed E-state index contributed by atoms with van der Waals surface area (Å²) in [4.78, 5) is 31.5. The van der Waals surface area contributed by atoms with E-state index in [-0.39, 0.29) is 22.1 Å². The average Bonchev–Trinajstić information content (AvgIpc) is 2.44. The van der Waals surface area contributed by atoms with Crippen LogP contribution in [0, 0.1) is 13.8 Å². The Balaban J connectivity index is 2.50. The van der Waals surface area contributed by atoms with Crippen LogP contribution in [0.5, 0.6) is 5.75 Å². The van der Waals surface area contributed by atoms with Crippen molar-refractivity contribution in [3.8, 4) is 5.75 Å². The molecule has 0 atom stereocenters. The molecule has 0 unspecified atom stereocenters.